The lowest BCUT2D eigenvalue weighted by Crippen LogP contribution is -2.51. The molecule has 0 fully saturated rings. The van der Waals surface area contributed by atoms with Gasteiger partial charge in [-0.3, -0.25) is 4.79 Å². The third kappa shape index (κ3) is 3.10. The summed E-state index contributed by atoms with van der Waals surface area (Å²) in [6, 6.07) is 12.0. The zero-order valence-electron chi connectivity index (χ0n) is 15.8. The number of benzene rings is 2. The normalized spacial score (nSPS) is 18.4. The summed E-state index contributed by atoms with van der Waals surface area (Å²) < 4.78 is 31.1. The summed E-state index contributed by atoms with van der Waals surface area (Å²) in [7, 11) is -2.80. The number of carbonyl (C=O) groups excluding carboxylic acids is 1. The van der Waals surface area contributed by atoms with Crippen LogP contribution in [0.3, 0.4) is 0 Å². The Balaban J connectivity index is 1.81. The molecule has 4 rings (SSSR count). The van der Waals surface area contributed by atoms with E-state index in [2.05, 4.69) is 20.9 Å². The molecule has 1 unspecified atom stereocenters. The third-order valence-corrected chi connectivity index (χ3v) is 9.11. The van der Waals surface area contributed by atoms with Crippen LogP contribution in [0.25, 0.3) is 10.9 Å². The monoisotopic (exact) mass is 495 g/mol. The van der Waals surface area contributed by atoms with Crippen molar-refractivity contribution in [1.82, 2.24) is 4.98 Å². The van der Waals surface area contributed by atoms with E-state index in [9.17, 15) is 13.2 Å². The number of halogens is 2. The molecule has 0 bridgehead atoms. The number of hydrogen-bond acceptors (Lipinski definition) is 4. The number of nitrogens with one attached hydrogen (secondary N) is 1. The Labute approximate surface area is 182 Å². The average molecular weight is 497 g/mol. The van der Waals surface area contributed by atoms with E-state index in [0.717, 1.165) is 22.2 Å². The van der Waals surface area contributed by atoms with Crippen molar-refractivity contribution in [2.75, 3.05) is 7.11 Å². The Morgan fingerprint density at radius 1 is 1.24 bits per heavy atom. The Kier molecular flexibility index (Phi) is 5.04. The first kappa shape index (κ1) is 20.4. The van der Waals surface area contributed by atoms with E-state index in [0.29, 0.717) is 22.3 Å². The number of ether oxygens (including phenoxy) is 1. The Bertz CT molecular complexity index is 1240. The van der Waals surface area contributed by atoms with E-state index in [4.69, 9.17) is 16.3 Å². The summed E-state index contributed by atoms with van der Waals surface area (Å²) in [5.74, 6) is -1.22. The molecular formula is C21H19BrClNO4S. The van der Waals surface area contributed by atoms with Crippen molar-refractivity contribution in [2.24, 2.45) is 5.92 Å². The maximum atomic E-state index is 13.6. The second-order valence-electron chi connectivity index (χ2n) is 7.44. The van der Waals surface area contributed by atoms with Gasteiger partial charge in [0, 0.05) is 26.1 Å². The van der Waals surface area contributed by atoms with Crippen LogP contribution in [0, 0.1) is 5.92 Å². The van der Waals surface area contributed by atoms with Crippen LogP contribution < -0.4 is 0 Å². The topological polar surface area (TPSA) is 76.2 Å². The molecule has 5 nitrogen and oxygen atoms in total. The highest BCUT2D eigenvalue weighted by Gasteiger charge is 2.55. The molecule has 0 radical (unpaired) electrons. The highest BCUT2D eigenvalue weighted by atomic mass is 79.9. The predicted octanol–water partition coefficient (Wildman–Crippen LogP) is 4.70. The number of sulfone groups is 1. The van der Waals surface area contributed by atoms with Crippen LogP contribution in [0.4, 0.5) is 0 Å². The Hall–Kier alpha value is -1.83. The molecule has 0 aliphatic heterocycles. The molecule has 0 amide bonds. The molecule has 2 aromatic carbocycles. The summed E-state index contributed by atoms with van der Waals surface area (Å²) in [4.78, 5) is 16.3. The first-order chi connectivity index (χ1) is 13.7. The van der Waals surface area contributed by atoms with Gasteiger partial charge in [-0.2, -0.15) is 0 Å². The summed E-state index contributed by atoms with van der Waals surface area (Å²) >= 11 is 9.47. The zero-order valence-corrected chi connectivity index (χ0v) is 19.0. The molecule has 1 aliphatic carbocycles. The number of carbonyl (C=O) groups is 1. The van der Waals surface area contributed by atoms with Crippen molar-refractivity contribution in [1.29, 1.82) is 0 Å². The van der Waals surface area contributed by atoms with E-state index in [1.165, 1.54) is 26.2 Å². The van der Waals surface area contributed by atoms with Gasteiger partial charge in [-0.15, -0.1) is 0 Å². The second kappa shape index (κ2) is 7.15. The van der Waals surface area contributed by atoms with E-state index >= 15 is 0 Å². The third-order valence-electron chi connectivity index (χ3n) is 5.89. The van der Waals surface area contributed by atoms with Crippen molar-refractivity contribution in [2.45, 2.75) is 29.4 Å². The van der Waals surface area contributed by atoms with Gasteiger partial charge in [-0.1, -0.05) is 33.6 Å². The van der Waals surface area contributed by atoms with Gasteiger partial charge in [0.1, 0.15) is 0 Å². The maximum Gasteiger partial charge on any atom is 0.327 e. The number of aromatic nitrogens is 1. The van der Waals surface area contributed by atoms with Gasteiger partial charge in [0.25, 0.3) is 0 Å². The van der Waals surface area contributed by atoms with Crippen LogP contribution in [0.1, 0.15) is 18.2 Å². The lowest BCUT2D eigenvalue weighted by Gasteiger charge is -2.32. The van der Waals surface area contributed by atoms with Crippen LogP contribution in [-0.4, -0.2) is 31.2 Å². The van der Waals surface area contributed by atoms with Gasteiger partial charge in [-0.05, 0) is 67.6 Å². The largest absolute Gasteiger partial charge is 0.468 e. The summed E-state index contributed by atoms with van der Waals surface area (Å²) in [6.45, 7) is 1.47. The molecule has 8 heteroatoms. The Morgan fingerprint density at radius 2 is 2.00 bits per heavy atom. The molecule has 0 saturated heterocycles. The van der Waals surface area contributed by atoms with Crippen molar-refractivity contribution in [3.05, 3.63) is 63.2 Å². The summed E-state index contributed by atoms with van der Waals surface area (Å²) in [5, 5.41) is 1.57. The number of rotatable bonds is 4. The Morgan fingerprint density at radius 3 is 2.69 bits per heavy atom. The van der Waals surface area contributed by atoms with Gasteiger partial charge in [0.15, 0.2) is 14.6 Å². The minimum atomic E-state index is -4.02. The number of esters is 1. The smallest absolute Gasteiger partial charge is 0.327 e. The van der Waals surface area contributed by atoms with Gasteiger partial charge in [-0.25, -0.2) is 8.42 Å². The number of hydrogen-bond donors (Lipinski definition) is 1. The van der Waals surface area contributed by atoms with E-state index in [1.807, 2.05) is 18.2 Å². The van der Waals surface area contributed by atoms with Gasteiger partial charge in [0.05, 0.1) is 12.0 Å². The fourth-order valence-electron chi connectivity index (χ4n) is 4.22. The molecule has 3 aromatic rings. The maximum absolute atomic E-state index is 13.6. The quantitative estimate of drug-likeness (QED) is 0.531. The molecule has 1 heterocycles. The molecule has 1 N–H and O–H groups in total. The molecule has 29 heavy (non-hydrogen) atoms. The van der Waals surface area contributed by atoms with Crippen LogP contribution in [-0.2, 0) is 32.2 Å². The highest BCUT2D eigenvalue weighted by Crippen LogP contribution is 2.44. The number of H-pyrrole nitrogens is 1. The van der Waals surface area contributed by atoms with Crippen molar-refractivity contribution >= 4 is 54.2 Å². The molecule has 152 valence electrons. The van der Waals surface area contributed by atoms with Crippen LogP contribution in [0.15, 0.2) is 51.8 Å². The van der Waals surface area contributed by atoms with Crippen LogP contribution in [0.2, 0.25) is 5.02 Å². The highest BCUT2D eigenvalue weighted by molar-refractivity contribution is 9.10. The minimum absolute atomic E-state index is 0.0863. The zero-order chi connectivity index (χ0) is 21.0. The fourth-order valence-corrected chi connectivity index (χ4v) is 6.88. The molecule has 0 spiro atoms. The summed E-state index contributed by atoms with van der Waals surface area (Å²) in [6.07, 6.45) is 0.870. The average Bonchev–Trinajstić information content (AvgIpc) is 3.25. The summed E-state index contributed by atoms with van der Waals surface area (Å²) in [5.41, 5.74) is 2.89. The number of fused-ring (bicyclic) bond motifs is 3. The van der Waals surface area contributed by atoms with E-state index in [-0.39, 0.29) is 4.90 Å². The van der Waals surface area contributed by atoms with Gasteiger partial charge in [0.2, 0.25) is 0 Å². The number of methoxy groups -OCH3 is 1. The van der Waals surface area contributed by atoms with Crippen LogP contribution >= 0.6 is 27.5 Å². The van der Waals surface area contributed by atoms with Crippen LogP contribution in [0.5, 0.6) is 0 Å². The van der Waals surface area contributed by atoms with Crippen molar-refractivity contribution in [3.8, 4) is 0 Å². The van der Waals surface area contributed by atoms with E-state index in [1.54, 1.807) is 12.1 Å². The molecule has 0 saturated carbocycles. The van der Waals surface area contributed by atoms with Gasteiger partial charge < -0.3 is 9.72 Å². The molecule has 1 aliphatic rings. The fraction of sp³-hybridized carbons (Fsp3) is 0.286. The second-order valence-corrected chi connectivity index (χ2v) is 11.1. The lowest BCUT2D eigenvalue weighted by atomic mass is 9.90. The van der Waals surface area contributed by atoms with Gasteiger partial charge >= 0.3 is 5.97 Å². The SMILES string of the molecule is COC(=O)[C@](C)(C1Cc2[nH]c3ccc(Cl)cc3c2C1)S(=O)(=O)c1cccc(Br)c1. The van der Waals surface area contributed by atoms with Crippen molar-refractivity contribution in [3.63, 3.8) is 0 Å². The standard InChI is InChI=1S/C21H19BrClNO4S/c1-21(20(25)28-2,29(26,27)15-5-3-4-13(22)10-15)12-8-16-17-11-14(23)6-7-18(17)24-19(16)9-12/h3-7,10-12,24H,8-9H2,1-2H3/t12?,21-/m0/s1. The van der Waals surface area contributed by atoms with E-state index < -0.39 is 26.5 Å². The number of aromatic amines is 1. The lowest BCUT2D eigenvalue weighted by molar-refractivity contribution is -0.144. The predicted molar refractivity (Wildman–Crippen MR) is 116 cm³/mol. The minimum Gasteiger partial charge on any atom is -0.468 e. The molecular weight excluding hydrogens is 478 g/mol. The molecule has 2 atom stereocenters. The van der Waals surface area contributed by atoms with Crippen molar-refractivity contribution < 1.29 is 17.9 Å². The first-order valence-electron chi connectivity index (χ1n) is 9.06. The first-order valence-corrected chi connectivity index (χ1v) is 11.7. The molecule has 1 aromatic heterocycles.